The number of nitrogens with one attached hydrogen (secondary N) is 1. The lowest BCUT2D eigenvalue weighted by molar-refractivity contribution is 0.0698. The summed E-state index contributed by atoms with van der Waals surface area (Å²) in [6.45, 7) is 1.97. The number of halogens is 1. The van der Waals surface area contributed by atoms with Gasteiger partial charge in [-0.3, -0.25) is 4.72 Å². The number of benzene rings is 2. The van der Waals surface area contributed by atoms with Gasteiger partial charge in [0.2, 0.25) is 0 Å². The average Bonchev–Trinajstić information content (AvgIpc) is 2.47. The summed E-state index contributed by atoms with van der Waals surface area (Å²) in [5.74, 6) is -1.13. The van der Waals surface area contributed by atoms with Gasteiger partial charge in [0.05, 0.1) is 17.9 Å². The summed E-state index contributed by atoms with van der Waals surface area (Å²) in [4.78, 5) is 11.1. The Hall–Kier alpha value is -2.25. The van der Waals surface area contributed by atoms with Crippen molar-refractivity contribution in [1.82, 2.24) is 0 Å². The molecule has 0 aliphatic heterocycles. The van der Waals surface area contributed by atoms with Crippen LogP contribution in [0.2, 0.25) is 5.02 Å². The first kappa shape index (κ1) is 17.1. The van der Waals surface area contributed by atoms with Crippen molar-refractivity contribution >= 4 is 33.3 Å². The van der Waals surface area contributed by atoms with Crippen molar-refractivity contribution < 1.29 is 23.1 Å². The van der Waals surface area contributed by atoms with Crippen LogP contribution in [0.1, 0.15) is 17.3 Å². The van der Waals surface area contributed by atoms with Gasteiger partial charge in [0.25, 0.3) is 10.0 Å². The second-order valence-corrected chi connectivity index (χ2v) is 6.57. The van der Waals surface area contributed by atoms with Crippen molar-refractivity contribution in [2.75, 3.05) is 11.3 Å². The van der Waals surface area contributed by atoms with E-state index in [-0.39, 0.29) is 28.5 Å². The Bertz CT molecular complexity index is 836. The number of hydrogen-bond donors (Lipinski definition) is 2. The molecule has 0 unspecified atom stereocenters. The van der Waals surface area contributed by atoms with Crippen molar-refractivity contribution in [2.45, 2.75) is 11.8 Å². The maximum Gasteiger partial charge on any atom is 0.337 e. The molecule has 0 saturated heterocycles. The number of carboxylic acids is 1. The molecule has 0 fully saturated rings. The Labute approximate surface area is 138 Å². The molecule has 2 aromatic carbocycles. The Morgan fingerprint density at radius 3 is 2.61 bits per heavy atom. The van der Waals surface area contributed by atoms with Crippen LogP contribution in [0.4, 0.5) is 5.69 Å². The molecule has 0 saturated carbocycles. The van der Waals surface area contributed by atoms with Crippen LogP contribution < -0.4 is 9.46 Å². The minimum atomic E-state index is -4.04. The fraction of sp³-hybridized carbons (Fsp3) is 0.133. The summed E-state index contributed by atoms with van der Waals surface area (Å²) in [5.41, 5.74) is -0.180. The summed E-state index contributed by atoms with van der Waals surface area (Å²) in [6.07, 6.45) is 0. The van der Waals surface area contributed by atoms with E-state index in [0.717, 1.165) is 0 Å². The van der Waals surface area contributed by atoms with Crippen LogP contribution in [0, 0.1) is 0 Å². The fourth-order valence-electron chi connectivity index (χ4n) is 1.93. The molecule has 0 radical (unpaired) electrons. The van der Waals surface area contributed by atoms with E-state index in [1.54, 1.807) is 6.92 Å². The molecule has 0 heterocycles. The zero-order valence-corrected chi connectivity index (χ0v) is 13.7. The molecule has 0 aromatic heterocycles. The van der Waals surface area contributed by atoms with Gasteiger partial charge in [0, 0.05) is 11.1 Å². The van der Waals surface area contributed by atoms with Crippen LogP contribution in [-0.4, -0.2) is 26.1 Å². The van der Waals surface area contributed by atoms with Crippen molar-refractivity contribution in [1.29, 1.82) is 0 Å². The van der Waals surface area contributed by atoms with Crippen LogP contribution in [0.25, 0.3) is 0 Å². The molecule has 0 spiro atoms. The SMILES string of the molecule is CCOc1cc(Cl)ccc1S(=O)(=O)Nc1ccccc1C(=O)O. The number of rotatable bonds is 6. The van der Waals surface area contributed by atoms with Crippen LogP contribution in [0.3, 0.4) is 0 Å². The molecule has 0 aliphatic rings. The summed E-state index contributed by atoms with van der Waals surface area (Å²) in [6, 6.07) is 9.84. The molecule has 2 rings (SSSR count). The first-order valence-electron chi connectivity index (χ1n) is 6.62. The predicted octanol–water partition coefficient (Wildman–Crippen LogP) is 3.24. The fourth-order valence-corrected chi connectivity index (χ4v) is 3.30. The maximum absolute atomic E-state index is 12.6. The molecule has 8 heteroatoms. The van der Waals surface area contributed by atoms with Crippen molar-refractivity contribution in [3.63, 3.8) is 0 Å². The zero-order chi connectivity index (χ0) is 17.0. The van der Waals surface area contributed by atoms with Gasteiger partial charge in [-0.25, -0.2) is 13.2 Å². The highest BCUT2D eigenvalue weighted by atomic mass is 35.5. The quantitative estimate of drug-likeness (QED) is 0.829. The highest BCUT2D eigenvalue weighted by Gasteiger charge is 2.22. The van der Waals surface area contributed by atoms with E-state index in [1.807, 2.05) is 0 Å². The molecule has 0 amide bonds. The highest BCUT2D eigenvalue weighted by molar-refractivity contribution is 7.92. The third-order valence-corrected chi connectivity index (χ3v) is 4.54. The first-order chi connectivity index (χ1) is 10.8. The normalized spacial score (nSPS) is 11.0. The molecule has 122 valence electrons. The van der Waals surface area contributed by atoms with Crippen LogP contribution >= 0.6 is 11.6 Å². The molecule has 2 N–H and O–H groups in total. The predicted molar refractivity (Wildman–Crippen MR) is 86.8 cm³/mol. The van der Waals surface area contributed by atoms with Gasteiger partial charge in [0.15, 0.2) is 0 Å². The summed E-state index contributed by atoms with van der Waals surface area (Å²) >= 11 is 5.86. The number of ether oxygens (including phenoxy) is 1. The van der Waals surface area contributed by atoms with E-state index >= 15 is 0 Å². The van der Waals surface area contributed by atoms with E-state index in [0.29, 0.717) is 5.02 Å². The summed E-state index contributed by atoms with van der Waals surface area (Å²) < 4.78 is 32.7. The Morgan fingerprint density at radius 2 is 1.96 bits per heavy atom. The molecule has 2 aromatic rings. The second kappa shape index (κ2) is 6.89. The zero-order valence-electron chi connectivity index (χ0n) is 12.1. The minimum absolute atomic E-state index is 0.0302. The molecular weight excluding hydrogens is 342 g/mol. The lowest BCUT2D eigenvalue weighted by atomic mass is 10.2. The van der Waals surface area contributed by atoms with Gasteiger partial charge in [-0.15, -0.1) is 0 Å². The third kappa shape index (κ3) is 3.94. The number of anilines is 1. The molecule has 0 bridgehead atoms. The molecule has 0 atom stereocenters. The lowest BCUT2D eigenvalue weighted by Crippen LogP contribution is -2.16. The molecule has 6 nitrogen and oxygen atoms in total. The lowest BCUT2D eigenvalue weighted by Gasteiger charge is -2.14. The van der Waals surface area contributed by atoms with Gasteiger partial charge in [0.1, 0.15) is 10.6 Å². The standard InChI is InChI=1S/C15H14ClNO5S/c1-2-22-13-9-10(16)7-8-14(13)23(20,21)17-12-6-4-3-5-11(12)15(18)19/h3-9,17H,2H2,1H3,(H,18,19). The molecule has 0 aliphatic carbocycles. The number of sulfonamides is 1. The number of carbonyl (C=O) groups is 1. The van der Waals surface area contributed by atoms with Gasteiger partial charge >= 0.3 is 5.97 Å². The van der Waals surface area contributed by atoms with Gasteiger partial charge in [-0.1, -0.05) is 23.7 Å². The Balaban J connectivity index is 2.46. The van der Waals surface area contributed by atoms with E-state index in [4.69, 9.17) is 21.4 Å². The third-order valence-electron chi connectivity index (χ3n) is 2.90. The number of hydrogen-bond acceptors (Lipinski definition) is 4. The summed E-state index contributed by atoms with van der Waals surface area (Å²) in [5, 5.41) is 9.46. The second-order valence-electron chi connectivity index (χ2n) is 4.48. The number of para-hydroxylation sites is 1. The average molecular weight is 356 g/mol. The number of carboxylic acid groups (broad SMARTS) is 1. The summed E-state index contributed by atoms with van der Waals surface area (Å²) in [7, 11) is -4.04. The largest absolute Gasteiger partial charge is 0.492 e. The van der Waals surface area contributed by atoms with Gasteiger partial charge in [-0.05, 0) is 31.2 Å². The highest BCUT2D eigenvalue weighted by Crippen LogP contribution is 2.29. The molecule has 23 heavy (non-hydrogen) atoms. The van der Waals surface area contributed by atoms with Crippen molar-refractivity contribution in [3.05, 3.63) is 53.1 Å². The van der Waals surface area contributed by atoms with Gasteiger partial charge in [-0.2, -0.15) is 0 Å². The minimum Gasteiger partial charge on any atom is -0.492 e. The maximum atomic E-state index is 12.6. The van der Waals surface area contributed by atoms with E-state index in [9.17, 15) is 13.2 Å². The Morgan fingerprint density at radius 1 is 1.26 bits per heavy atom. The van der Waals surface area contributed by atoms with Crippen LogP contribution in [0.5, 0.6) is 5.75 Å². The Kier molecular flexibility index (Phi) is 5.12. The van der Waals surface area contributed by atoms with E-state index < -0.39 is 16.0 Å². The topological polar surface area (TPSA) is 92.7 Å². The number of aromatic carboxylic acids is 1. The van der Waals surface area contributed by atoms with E-state index in [2.05, 4.69) is 4.72 Å². The van der Waals surface area contributed by atoms with Gasteiger partial charge < -0.3 is 9.84 Å². The van der Waals surface area contributed by atoms with Crippen molar-refractivity contribution in [2.24, 2.45) is 0 Å². The van der Waals surface area contributed by atoms with Crippen LogP contribution in [-0.2, 0) is 10.0 Å². The van der Waals surface area contributed by atoms with Crippen molar-refractivity contribution in [3.8, 4) is 5.75 Å². The van der Waals surface area contributed by atoms with E-state index in [1.165, 1.54) is 42.5 Å². The van der Waals surface area contributed by atoms with Crippen LogP contribution in [0.15, 0.2) is 47.4 Å². The monoisotopic (exact) mass is 355 g/mol. The molecular formula is C15H14ClNO5S. The first-order valence-corrected chi connectivity index (χ1v) is 8.48. The smallest absolute Gasteiger partial charge is 0.337 e.